The number of hydrogen-bond acceptors (Lipinski definition) is 5. The predicted octanol–water partition coefficient (Wildman–Crippen LogP) is 2.86. The zero-order valence-electron chi connectivity index (χ0n) is 14.9. The first-order chi connectivity index (χ1) is 11.5. The highest BCUT2D eigenvalue weighted by Gasteiger charge is 2.20. The lowest BCUT2D eigenvalue weighted by molar-refractivity contribution is 0.216. The Morgan fingerprint density at radius 3 is 2.04 bits per heavy atom. The second-order valence-corrected chi connectivity index (χ2v) is 5.80. The smallest absolute Gasteiger partial charge is 0.203 e. The lowest BCUT2D eigenvalue weighted by atomic mass is 9.96. The number of benzene rings is 2. The molecule has 0 spiro atoms. The maximum absolute atomic E-state index is 10.9. The molecule has 0 saturated heterocycles. The highest BCUT2D eigenvalue weighted by Crippen LogP contribution is 2.41. The minimum absolute atomic E-state index is 0.512. The van der Waals surface area contributed by atoms with Gasteiger partial charge in [0.25, 0.3) is 0 Å². The van der Waals surface area contributed by atoms with Crippen molar-refractivity contribution < 1.29 is 19.3 Å². The molecule has 2 rings (SSSR count). The van der Waals surface area contributed by atoms with Gasteiger partial charge in [-0.05, 0) is 42.9 Å². The Morgan fingerprint density at radius 1 is 0.958 bits per heavy atom. The summed E-state index contributed by atoms with van der Waals surface area (Å²) in [5, 5.41) is 10.9. The van der Waals surface area contributed by atoms with Crippen LogP contribution in [0, 0.1) is 0 Å². The first-order valence-corrected chi connectivity index (χ1v) is 7.72. The summed E-state index contributed by atoms with van der Waals surface area (Å²) in [6.07, 6.45) is -0.783. The third-order valence-corrected chi connectivity index (χ3v) is 3.84. The van der Waals surface area contributed by atoms with Crippen molar-refractivity contribution in [3.05, 3.63) is 53.1 Å². The molecule has 0 fully saturated rings. The zero-order valence-corrected chi connectivity index (χ0v) is 14.9. The Bertz CT molecular complexity index is 660. The van der Waals surface area contributed by atoms with Gasteiger partial charge in [-0.3, -0.25) is 0 Å². The van der Waals surface area contributed by atoms with E-state index < -0.39 is 6.10 Å². The Kier molecular flexibility index (Phi) is 6.06. The molecule has 5 nitrogen and oxygen atoms in total. The number of aliphatic hydroxyl groups is 1. The summed E-state index contributed by atoms with van der Waals surface area (Å²) in [6, 6.07) is 11.4. The molecule has 1 unspecified atom stereocenters. The van der Waals surface area contributed by atoms with Gasteiger partial charge in [0.05, 0.1) is 21.3 Å². The van der Waals surface area contributed by atoms with Gasteiger partial charge in [-0.15, -0.1) is 0 Å². The van der Waals surface area contributed by atoms with Gasteiger partial charge in [0.2, 0.25) is 5.75 Å². The van der Waals surface area contributed by atoms with Gasteiger partial charge in [0.15, 0.2) is 11.5 Å². The number of aliphatic hydroxyl groups excluding tert-OH is 1. The molecule has 5 heteroatoms. The Hall–Kier alpha value is -2.24. The van der Waals surface area contributed by atoms with Crippen LogP contribution in [-0.2, 0) is 6.54 Å². The molecule has 0 aliphatic rings. The topological polar surface area (TPSA) is 51.2 Å². The fourth-order valence-corrected chi connectivity index (χ4v) is 2.72. The van der Waals surface area contributed by atoms with E-state index in [0.717, 1.165) is 17.7 Å². The summed E-state index contributed by atoms with van der Waals surface area (Å²) in [5.41, 5.74) is 2.62. The van der Waals surface area contributed by atoms with Crippen LogP contribution >= 0.6 is 0 Å². The lowest BCUT2D eigenvalue weighted by Crippen LogP contribution is -2.14. The molecule has 2 aromatic carbocycles. The van der Waals surface area contributed by atoms with E-state index in [1.807, 2.05) is 38.4 Å². The molecule has 1 N–H and O–H groups in total. The maximum atomic E-state index is 10.9. The van der Waals surface area contributed by atoms with Crippen molar-refractivity contribution in [3.63, 3.8) is 0 Å². The van der Waals surface area contributed by atoms with Gasteiger partial charge in [-0.1, -0.05) is 24.3 Å². The number of hydrogen-bond donors (Lipinski definition) is 1. The van der Waals surface area contributed by atoms with Crippen molar-refractivity contribution in [2.24, 2.45) is 0 Å². The van der Waals surface area contributed by atoms with Crippen molar-refractivity contribution in [2.45, 2.75) is 12.6 Å². The highest BCUT2D eigenvalue weighted by atomic mass is 16.5. The maximum Gasteiger partial charge on any atom is 0.203 e. The second-order valence-electron chi connectivity index (χ2n) is 5.80. The van der Waals surface area contributed by atoms with Gasteiger partial charge in [0.1, 0.15) is 6.10 Å². The number of rotatable bonds is 7. The zero-order chi connectivity index (χ0) is 17.7. The number of ether oxygens (including phenoxy) is 3. The van der Waals surface area contributed by atoms with Crippen LogP contribution in [0.5, 0.6) is 17.2 Å². The molecule has 0 heterocycles. The molecule has 0 radical (unpaired) electrons. The van der Waals surface area contributed by atoms with E-state index in [2.05, 4.69) is 4.90 Å². The highest BCUT2D eigenvalue weighted by molar-refractivity contribution is 5.55. The van der Waals surface area contributed by atoms with E-state index >= 15 is 0 Å². The second kappa shape index (κ2) is 8.04. The van der Waals surface area contributed by atoms with Crippen LogP contribution in [-0.4, -0.2) is 45.4 Å². The van der Waals surface area contributed by atoms with Crippen LogP contribution in [0.1, 0.15) is 22.8 Å². The Balaban J connectivity index is 2.49. The average Bonchev–Trinajstić information content (AvgIpc) is 2.59. The SMILES string of the molecule is COc1cc(C(O)c2ccccc2CN(C)C)cc(OC)c1OC. The van der Waals surface area contributed by atoms with Gasteiger partial charge >= 0.3 is 0 Å². The van der Waals surface area contributed by atoms with Crippen LogP contribution in [0.25, 0.3) is 0 Å². The Labute approximate surface area is 143 Å². The molecular formula is C19H25NO4. The minimum Gasteiger partial charge on any atom is -0.493 e. The summed E-state index contributed by atoms with van der Waals surface area (Å²) in [5.74, 6) is 1.56. The summed E-state index contributed by atoms with van der Waals surface area (Å²) in [6.45, 7) is 0.748. The molecule has 0 aliphatic carbocycles. The standard InChI is InChI=1S/C19H25NO4/c1-20(2)12-13-8-6-7-9-15(13)18(21)14-10-16(22-3)19(24-5)17(11-14)23-4/h6-11,18,21H,12H2,1-5H3. The molecule has 130 valence electrons. The van der Waals surface area contributed by atoms with Gasteiger partial charge in [0, 0.05) is 6.54 Å². The molecule has 0 amide bonds. The summed E-state index contributed by atoms with van der Waals surface area (Å²) in [7, 11) is 8.69. The third kappa shape index (κ3) is 3.80. The summed E-state index contributed by atoms with van der Waals surface area (Å²) < 4.78 is 16.1. The van der Waals surface area contributed by atoms with Crippen LogP contribution in [0.2, 0.25) is 0 Å². The average molecular weight is 331 g/mol. The number of methoxy groups -OCH3 is 3. The molecule has 0 aliphatic heterocycles. The Morgan fingerprint density at radius 2 is 1.54 bits per heavy atom. The van der Waals surface area contributed by atoms with Gasteiger partial charge in [-0.2, -0.15) is 0 Å². The fraction of sp³-hybridized carbons (Fsp3) is 0.368. The van der Waals surface area contributed by atoms with E-state index in [4.69, 9.17) is 14.2 Å². The normalized spacial score (nSPS) is 12.1. The van der Waals surface area contributed by atoms with E-state index in [9.17, 15) is 5.11 Å². The quantitative estimate of drug-likeness (QED) is 0.845. The molecule has 0 aromatic heterocycles. The molecular weight excluding hydrogens is 306 g/mol. The third-order valence-electron chi connectivity index (χ3n) is 3.84. The summed E-state index contributed by atoms with van der Waals surface area (Å²) >= 11 is 0. The van der Waals surface area contributed by atoms with Crippen molar-refractivity contribution >= 4 is 0 Å². The van der Waals surface area contributed by atoms with Crippen molar-refractivity contribution in [3.8, 4) is 17.2 Å². The van der Waals surface area contributed by atoms with E-state index in [1.165, 1.54) is 0 Å². The van der Waals surface area contributed by atoms with E-state index in [1.54, 1.807) is 33.5 Å². The predicted molar refractivity (Wildman–Crippen MR) is 94.0 cm³/mol. The van der Waals surface area contributed by atoms with Crippen molar-refractivity contribution in [2.75, 3.05) is 35.4 Å². The summed E-state index contributed by atoms with van der Waals surface area (Å²) in [4.78, 5) is 2.07. The molecule has 1 atom stereocenters. The number of nitrogens with zero attached hydrogens (tertiary/aromatic N) is 1. The van der Waals surface area contributed by atoms with E-state index in [-0.39, 0.29) is 0 Å². The van der Waals surface area contributed by atoms with Crippen molar-refractivity contribution in [1.82, 2.24) is 4.90 Å². The monoisotopic (exact) mass is 331 g/mol. The van der Waals surface area contributed by atoms with Gasteiger partial charge < -0.3 is 24.2 Å². The first-order valence-electron chi connectivity index (χ1n) is 7.72. The van der Waals surface area contributed by atoms with Crippen LogP contribution in [0.15, 0.2) is 36.4 Å². The van der Waals surface area contributed by atoms with Gasteiger partial charge in [-0.25, -0.2) is 0 Å². The van der Waals surface area contributed by atoms with E-state index in [0.29, 0.717) is 22.8 Å². The van der Waals surface area contributed by atoms with Crippen LogP contribution in [0.3, 0.4) is 0 Å². The first kappa shape index (κ1) is 18.1. The van der Waals surface area contributed by atoms with Crippen LogP contribution in [0.4, 0.5) is 0 Å². The van der Waals surface area contributed by atoms with Crippen LogP contribution < -0.4 is 14.2 Å². The molecule has 2 aromatic rings. The fourth-order valence-electron chi connectivity index (χ4n) is 2.72. The lowest BCUT2D eigenvalue weighted by Gasteiger charge is -2.20. The molecule has 24 heavy (non-hydrogen) atoms. The molecule has 0 bridgehead atoms. The minimum atomic E-state index is -0.783. The van der Waals surface area contributed by atoms with Crippen molar-refractivity contribution in [1.29, 1.82) is 0 Å². The molecule has 0 saturated carbocycles. The largest absolute Gasteiger partial charge is 0.493 e.